The molecule has 0 amide bonds. The van der Waals surface area contributed by atoms with Gasteiger partial charge in [-0.3, -0.25) is 0 Å². The van der Waals surface area contributed by atoms with Gasteiger partial charge in [-0.05, 0) is 31.5 Å². The number of hydrogen-bond donors (Lipinski definition) is 1. The lowest BCUT2D eigenvalue weighted by Crippen LogP contribution is -2.23. The van der Waals surface area contributed by atoms with Gasteiger partial charge in [0.15, 0.2) is 0 Å². The molecule has 1 N–H and O–H groups in total. The molecule has 0 aromatic heterocycles. The van der Waals surface area contributed by atoms with Gasteiger partial charge < -0.3 is 5.32 Å². The number of benzene rings is 1. The van der Waals surface area contributed by atoms with E-state index in [1.54, 1.807) is 0 Å². The number of thioether (sulfide) groups is 1. The smallest absolute Gasteiger partial charge is 0.139 e. The highest BCUT2D eigenvalue weighted by molar-refractivity contribution is 7.99. The first kappa shape index (κ1) is 10.9. The average Bonchev–Trinajstić information content (AvgIpc) is 2.69. The van der Waals surface area contributed by atoms with Crippen molar-refractivity contribution in [2.75, 3.05) is 12.3 Å². The van der Waals surface area contributed by atoms with Crippen molar-refractivity contribution in [3.8, 4) is 0 Å². The maximum absolute atomic E-state index is 13.2. The average molecular weight is 229 g/mol. The van der Waals surface area contributed by atoms with E-state index in [2.05, 4.69) is 5.32 Å². The monoisotopic (exact) mass is 229 g/mol. The summed E-state index contributed by atoms with van der Waals surface area (Å²) in [7, 11) is 0. The molecular formula is C11H13F2NS. The first-order valence-electron chi connectivity index (χ1n) is 5.07. The topological polar surface area (TPSA) is 12.0 Å². The molecule has 0 bridgehead atoms. The zero-order valence-electron chi connectivity index (χ0n) is 8.30. The van der Waals surface area contributed by atoms with Crippen molar-refractivity contribution in [3.05, 3.63) is 29.8 Å². The van der Waals surface area contributed by atoms with E-state index in [9.17, 15) is 8.78 Å². The molecule has 1 saturated heterocycles. The second kappa shape index (κ2) is 4.94. The second-order valence-corrected chi connectivity index (χ2v) is 4.74. The van der Waals surface area contributed by atoms with E-state index < -0.39 is 11.6 Å². The van der Waals surface area contributed by atoms with Gasteiger partial charge in [0.2, 0.25) is 0 Å². The Balaban J connectivity index is 1.92. The Morgan fingerprint density at radius 2 is 2.27 bits per heavy atom. The van der Waals surface area contributed by atoms with Crippen LogP contribution in [0.15, 0.2) is 23.1 Å². The van der Waals surface area contributed by atoms with E-state index in [-0.39, 0.29) is 0 Å². The van der Waals surface area contributed by atoms with Gasteiger partial charge in [0.1, 0.15) is 11.6 Å². The van der Waals surface area contributed by atoms with Crippen LogP contribution in [-0.2, 0) is 0 Å². The van der Waals surface area contributed by atoms with Crippen molar-refractivity contribution in [2.45, 2.75) is 23.8 Å². The van der Waals surface area contributed by atoms with Crippen LogP contribution < -0.4 is 5.32 Å². The van der Waals surface area contributed by atoms with Gasteiger partial charge >= 0.3 is 0 Å². The Morgan fingerprint density at radius 1 is 1.40 bits per heavy atom. The molecule has 2 rings (SSSR count). The van der Waals surface area contributed by atoms with E-state index >= 15 is 0 Å². The number of rotatable bonds is 3. The number of halogens is 2. The summed E-state index contributed by atoms with van der Waals surface area (Å²) in [5.41, 5.74) is 0. The lowest BCUT2D eigenvalue weighted by atomic mass is 10.3. The molecular weight excluding hydrogens is 216 g/mol. The summed E-state index contributed by atoms with van der Waals surface area (Å²) in [5, 5.41) is 3.34. The fraction of sp³-hybridized carbons (Fsp3) is 0.455. The van der Waals surface area contributed by atoms with Gasteiger partial charge in [-0.25, -0.2) is 8.78 Å². The number of hydrogen-bond acceptors (Lipinski definition) is 2. The van der Waals surface area contributed by atoms with Gasteiger partial charge in [0.25, 0.3) is 0 Å². The van der Waals surface area contributed by atoms with Gasteiger partial charge in [-0.2, -0.15) is 0 Å². The lowest BCUT2D eigenvalue weighted by molar-refractivity contribution is 0.565. The van der Waals surface area contributed by atoms with E-state index in [0.29, 0.717) is 10.9 Å². The SMILES string of the molecule is Fc1ccc(SCC2CCCN2)c(F)c1. The summed E-state index contributed by atoms with van der Waals surface area (Å²) in [6, 6.07) is 4.21. The van der Waals surface area contributed by atoms with Crippen molar-refractivity contribution in [1.82, 2.24) is 5.32 Å². The molecule has 1 aliphatic heterocycles. The predicted molar refractivity (Wildman–Crippen MR) is 58.1 cm³/mol. The molecule has 1 aromatic rings. The van der Waals surface area contributed by atoms with Crippen LogP contribution in [0.3, 0.4) is 0 Å². The fourth-order valence-electron chi connectivity index (χ4n) is 1.68. The van der Waals surface area contributed by atoms with Crippen LogP contribution in [0.5, 0.6) is 0 Å². The molecule has 0 aliphatic carbocycles. The predicted octanol–water partition coefficient (Wildman–Crippen LogP) is 2.81. The van der Waals surface area contributed by atoms with Crippen molar-refractivity contribution in [1.29, 1.82) is 0 Å². The Kier molecular flexibility index (Phi) is 3.59. The van der Waals surface area contributed by atoms with Crippen LogP contribution in [0.1, 0.15) is 12.8 Å². The summed E-state index contributed by atoms with van der Waals surface area (Å²) < 4.78 is 25.9. The fourth-order valence-corrected chi connectivity index (χ4v) is 2.71. The maximum Gasteiger partial charge on any atom is 0.139 e. The Hall–Kier alpha value is -0.610. The minimum atomic E-state index is -0.518. The second-order valence-electron chi connectivity index (χ2n) is 3.68. The molecule has 0 saturated carbocycles. The Bertz CT molecular complexity index is 337. The Labute approximate surface area is 92.3 Å². The van der Waals surface area contributed by atoms with Crippen molar-refractivity contribution in [2.24, 2.45) is 0 Å². The maximum atomic E-state index is 13.2. The largest absolute Gasteiger partial charge is 0.313 e. The zero-order valence-corrected chi connectivity index (χ0v) is 9.12. The molecule has 0 radical (unpaired) electrons. The third-order valence-electron chi connectivity index (χ3n) is 2.50. The molecule has 15 heavy (non-hydrogen) atoms. The molecule has 82 valence electrons. The van der Waals surface area contributed by atoms with Gasteiger partial charge in [-0.1, -0.05) is 0 Å². The van der Waals surface area contributed by atoms with Crippen LogP contribution >= 0.6 is 11.8 Å². The summed E-state index contributed by atoms with van der Waals surface area (Å²) in [6.45, 7) is 1.05. The van der Waals surface area contributed by atoms with Crippen molar-refractivity contribution >= 4 is 11.8 Å². The molecule has 4 heteroatoms. The third-order valence-corrected chi connectivity index (χ3v) is 3.71. The van der Waals surface area contributed by atoms with Crippen LogP contribution in [0, 0.1) is 11.6 Å². The minimum Gasteiger partial charge on any atom is -0.313 e. The van der Waals surface area contributed by atoms with Gasteiger partial charge in [0.05, 0.1) is 0 Å². The highest BCUT2D eigenvalue weighted by Gasteiger charge is 2.15. The molecule has 1 fully saturated rings. The first-order valence-corrected chi connectivity index (χ1v) is 6.05. The van der Waals surface area contributed by atoms with Crippen LogP contribution in [-0.4, -0.2) is 18.3 Å². The Morgan fingerprint density at radius 3 is 2.93 bits per heavy atom. The summed E-state index contributed by atoms with van der Waals surface area (Å²) in [4.78, 5) is 0.533. The standard InChI is InChI=1S/C11H13F2NS/c12-8-3-4-11(10(13)6-8)15-7-9-2-1-5-14-9/h3-4,6,9,14H,1-2,5,7H2. The van der Waals surface area contributed by atoms with Crippen molar-refractivity contribution in [3.63, 3.8) is 0 Å². The van der Waals surface area contributed by atoms with Crippen LogP contribution in [0.4, 0.5) is 8.78 Å². The summed E-state index contributed by atoms with van der Waals surface area (Å²) in [6.07, 6.45) is 2.34. The van der Waals surface area contributed by atoms with Gasteiger partial charge in [-0.15, -0.1) is 11.8 Å². The quantitative estimate of drug-likeness (QED) is 0.800. The molecule has 1 atom stereocenters. The van der Waals surface area contributed by atoms with E-state index in [0.717, 1.165) is 24.8 Å². The summed E-state index contributed by atoms with van der Waals surface area (Å²) in [5.74, 6) is -0.128. The molecule has 0 spiro atoms. The third kappa shape index (κ3) is 2.92. The zero-order chi connectivity index (χ0) is 10.7. The molecule has 1 aliphatic rings. The highest BCUT2D eigenvalue weighted by atomic mass is 32.2. The van der Waals surface area contributed by atoms with E-state index in [4.69, 9.17) is 0 Å². The molecule has 1 aromatic carbocycles. The van der Waals surface area contributed by atoms with Crippen molar-refractivity contribution < 1.29 is 8.78 Å². The van der Waals surface area contributed by atoms with Gasteiger partial charge in [0, 0.05) is 22.8 Å². The number of nitrogens with one attached hydrogen (secondary N) is 1. The van der Waals surface area contributed by atoms with E-state index in [1.165, 1.54) is 30.3 Å². The highest BCUT2D eigenvalue weighted by Crippen LogP contribution is 2.24. The summed E-state index contributed by atoms with van der Waals surface area (Å²) >= 11 is 1.45. The van der Waals surface area contributed by atoms with Crippen LogP contribution in [0.25, 0.3) is 0 Å². The first-order chi connectivity index (χ1) is 7.25. The van der Waals surface area contributed by atoms with Crippen LogP contribution in [0.2, 0.25) is 0 Å². The van der Waals surface area contributed by atoms with E-state index in [1.807, 2.05) is 0 Å². The normalized spacial score (nSPS) is 20.8. The molecule has 1 unspecified atom stereocenters. The molecule has 1 heterocycles. The lowest BCUT2D eigenvalue weighted by Gasteiger charge is -2.09. The minimum absolute atomic E-state index is 0.460. The molecule has 1 nitrogen and oxygen atoms in total.